The molecule has 0 N–H and O–H groups in total. The van der Waals surface area contributed by atoms with Crippen LogP contribution < -0.4 is 9.80 Å². The molecule has 5 heteroatoms. The molecular formula is C18H25N5. The van der Waals surface area contributed by atoms with Crippen molar-refractivity contribution in [2.24, 2.45) is 0 Å². The van der Waals surface area contributed by atoms with Crippen LogP contribution in [0.4, 0.5) is 17.5 Å². The van der Waals surface area contributed by atoms with Gasteiger partial charge in [-0.15, -0.1) is 0 Å². The third-order valence-electron chi connectivity index (χ3n) is 4.40. The fraction of sp³-hybridized carbons (Fsp3) is 0.444. The van der Waals surface area contributed by atoms with Crippen LogP contribution in [-0.2, 0) is 0 Å². The molecule has 5 nitrogen and oxygen atoms in total. The van der Waals surface area contributed by atoms with Crippen LogP contribution in [0.15, 0.2) is 42.6 Å². The smallest absolute Gasteiger partial charge is 0.231 e. The van der Waals surface area contributed by atoms with Crippen molar-refractivity contribution in [1.82, 2.24) is 14.9 Å². The summed E-state index contributed by atoms with van der Waals surface area (Å²) in [7, 11) is 0. The van der Waals surface area contributed by atoms with E-state index in [1.54, 1.807) is 0 Å². The standard InChI is InChI=1S/C18H25N5/c1-3-21-12-14-22(15-13-21)17-10-11-19-18(20-17)23(4-2)16-8-6-5-7-9-16/h5-11H,3-4,12-15H2,1-2H3. The third-order valence-corrected chi connectivity index (χ3v) is 4.40. The molecule has 0 atom stereocenters. The van der Waals surface area contributed by atoms with Gasteiger partial charge in [0, 0.05) is 44.6 Å². The maximum Gasteiger partial charge on any atom is 0.231 e. The molecule has 23 heavy (non-hydrogen) atoms. The monoisotopic (exact) mass is 311 g/mol. The lowest BCUT2D eigenvalue weighted by Crippen LogP contribution is -2.46. The Hall–Kier alpha value is -2.14. The van der Waals surface area contributed by atoms with Gasteiger partial charge in [-0.3, -0.25) is 0 Å². The molecule has 0 aliphatic carbocycles. The first kappa shape index (κ1) is 15.7. The van der Waals surface area contributed by atoms with Gasteiger partial charge in [0.2, 0.25) is 5.95 Å². The van der Waals surface area contributed by atoms with Crippen LogP contribution in [0.25, 0.3) is 0 Å². The average Bonchev–Trinajstić information content (AvgIpc) is 2.64. The van der Waals surface area contributed by atoms with Crippen LogP contribution in [-0.4, -0.2) is 54.1 Å². The van der Waals surface area contributed by atoms with Crippen molar-refractivity contribution in [2.45, 2.75) is 13.8 Å². The minimum atomic E-state index is 0.772. The summed E-state index contributed by atoms with van der Waals surface area (Å²) in [4.78, 5) is 16.3. The zero-order chi connectivity index (χ0) is 16.1. The van der Waals surface area contributed by atoms with Crippen molar-refractivity contribution in [2.75, 3.05) is 49.1 Å². The molecular weight excluding hydrogens is 286 g/mol. The van der Waals surface area contributed by atoms with Crippen LogP contribution in [0.1, 0.15) is 13.8 Å². The van der Waals surface area contributed by atoms with E-state index in [9.17, 15) is 0 Å². The lowest BCUT2D eigenvalue weighted by Gasteiger charge is -2.35. The van der Waals surface area contributed by atoms with Gasteiger partial charge in [-0.25, -0.2) is 4.98 Å². The van der Waals surface area contributed by atoms with Crippen molar-refractivity contribution < 1.29 is 0 Å². The van der Waals surface area contributed by atoms with E-state index in [-0.39, 0.29) is 0 Å². The summed E-state index contributed by atoms with van der Waals surface area (Å²) in [5.74, 6) is 1.80. The van der Waals surface area contributed by atoms with Gasteiger partial charge in [0.25, 0.3) is 0 Å². The van der Waals surface area contributed by atoms with E-state index >= 15 is 0 Å². The van der Waals surface area contributed by atoms with E-state index in [2.05, 4.69) is 45.7 Å². The highest BCUT2D eigenvalue weighted by atomic mass is 15.3. The van der Waals surface area contributed by atoms with Crippen molar-refractivity contribution in [1.29, 1.82) is 0 Å². The first-order valence-corrected chi connectivity index (χ1v) is 8.44. The second kappa shape index (κ2) is 7.42. The van der Waals surface area contributed by atoms with Gasteiger partial charge in [0.1, 0.15) is 5.82 Å². The highest BCUT2D eigenvalue weighted by Gasteiger charge is 2.18. The molecule has 0 radical (unpaired) electrons. The molecule has 1 aromatic heterocycles. The molecule has 0 saturated carbocycles. The molecule has 0 bridgehead atoms. The number of rotatable bonds is 5. The Kier molecular flexibility index (Phi) is 5.08. The lowest BCUT2D eigenvalue weighted by atomic mass is 10.3. The van der Waals surface area contributed by atoms with Crippen LogP contribution in [0, 0.1) is 0 Å². The fourth-order valence-corrected chi connectivity index (χ4v) is 2.99. The summed E-state index contributed by atoms with van der Waals surface area (Å²) in [6.45, 7) is 10.6. The summed E-state index contributed by atoms with van der Waals surface area (Å²) in [5.41, 5.74) is 1.13. The number of hydrogen-bond donors (Lipinski definition) is 0. The van der Waals surface area contributed by atoms with Gasteiger partial charge in [-0.2, -0.15) is 4.98 Å². The van der Waals surface area contributed by atoms with Gasteiger partial charge < -0.3 is 14.7 Å². The first-order chi connectivity index (χ1) is 11.3. The zero-order valence-corrected chi connectivity index (χ0v) is 14.0. The number of benzene rings is 1. The minimum Gasteiger partial charge on any atom is -0.354 e. The maximum atomic E-state index is 4.82. The number of nitrogens with zero attached hydrogens (tertiary/aromatic N) is 5. The first-order valence-electron chi connectivity index (χ1n) is 8.44. The fourth-order valence-electron chi connectivity index (χ4n) is 2.99. The number of aromatic nitrogens is 2. The van der Waals surface area contributed by atoms with Crippen molar-refractivity contribution in [3.63, 3.8) is 0 Å². The topological polar surface area (TPSA) is 35.5 Å². The summed E-state index contributed by atoms with van der Waals surface area (Å²) in [6.07, 6.45) is 1.87. The quantitative estimate of drug-likeness (QED) is 0.848. The summed E-state index contributed by atoms with van der Waals surface area (Å²) < 4.78 is 0. The number of anilines is 3. The van der Waals surface area contributed by atoms with E-state index in [1.165, 1.54) is 0 Å². The second-order valence-electron chi connectivity index (χ2n) is 5.72. The molecule has 0 amide bonds. The van der Waals surface area contributed by atoms with Gasteiger partial charge in [0.05, 0.1) is 0 Å². The summed E-state index contributed by atoms with van der Waals surface area (Å²) >= 11 is 0. The lowest BCUT2D eigenvalue weighted by molar-refractivity contribution is 0.270. The Labute approximate surface area is 138 Å². The molecule has 1 aromatic carbocycles. The van der Waals surface area contributed by atoms with Crippen molar-refractivity contribution in [3.8, 4) is 0 Å². The maximum absolute atomic E-state index is 4.82. The molecule has 1 aliphatic heterocycles. The van der Waals surface area contributed by atoms with E-state index < -0.39 is 0 Å². The molecule has 1 fully saturated rings. The predicted molar refractivity (Wildman–Crippen MR) is 95.5 cm³/mol. The van der Waals surface area contributed by atoms with Crippen LogP contribution in [0.3, 0.4) is 0 Å². The molecule has 1 saturated heterocycles. The Balaban J connectivity index is 1.79. The van der Waals surface area contributed by atoms with E-state index in [1.807, 2.05) is 30.5 Å². The van der Waals surface area contributed by atoms with Gasteiger partial charge in [-0.05, 0) is 31.7 Å². The zero-order valence-electron chi connectivity index (χ0n) is 14.0. The highest BCUT2D eigenvalue weighted by molar-refractivity contribution is 5.58. The SMILES string of the molecule is CCN1CCN(c2ccnc(N(CC)c3ccccc3)n2)CC1. The molecule has 2 aromatic rings. The number of likely N-dealkylation sites (N-methyl/N-ethyl adjacent to an activating group) is 1. The number of hydrogen-bond acceptors (Lipinski definition) is 5. The van der Waals surface area contributed by atoms with E-state index in [0.717, 1.165) is 56.7 Å². The second-order valence-corrected chi connectivity index (χ2v) is 5.72. The minimum absolute atomic E-state index is 0.772. The summed E-state index contributed by atoms with van der Waals surface area (Å²) in [5, 5.41) is 0. The molecule has 0 spiro atoms. The Morgan fingerprint density at radius 3 is 2.39 bits per heavy atom. The van der Waals surface area contributed by atoms with Gasteiger partial charge in [-0.1, -0.05) is 25.1 Å². The molecule has 2 heterocycles. The highest BCUT2D eigenvalue weighted by Crippen LogP contribution is 2.23. The molecule has 122 valence electrons. The summed E-state index contributed by atoms with van der Waals surface area (Å²) in [6, 6.07) is 12.3. The molecule has 3 rings (SSSR count). The largest absolute Gasteiger partial charge is 0.354 e. The Morgan fingerprint density at radius 2 is 1.74 bits per heavy atom. The van der Waals surface area contributed by atoms with E-state index in [0.29, 0.717) is 0 Å². The Bertz CT molecular complexity index is 608. The van der Waals surface area contributed by atoms with Crippen LogP contribution >= 0.6 is 0 Å². The number of para-hydroxylation sites is 1. The predicted octanol–water partition coefficient (Wildman–Crippen LogP) is 2.78. The molecule has 0 unspecified atom stereocenters. The van der Waals surface area contributed by atoms with E-state index in [4.69, 9.17) is 4.98 Å². The van der Waals surface area contributed by atoms with Gasteiger partial charge >= 0.3 is 0 Å². The van der Waals surface area contributed by atoms with Crippen LogP contribution in [0.2, 0.25) is 0 Å². The Morgan fingerprint density at radius 1 is 1.00 bits per heavy atom. The van der Waals surface area contributed by atoms with Crippen LogP contribution in [0.5, 0.6) is 0 Å². The van der Waals surface area contributed by atoms with Crippen molar-refractivity contribution in [3.05, 3.63) is 42.6 Å². The number of piperazine rings is 1. The molecule has 1 aliphatic rings. The third kappa shape index (κ3) is 3.62. The average molecular weight is 311 g/mol. The van der Waals surface area contributed by atoms with Gasteiger partial charge in [0.15, 0.2) is 0 Å². The normalized spacial score (nSPS) is 15.7. The van der Waals surface area contributed by atoms with Crippen molar-refractivity contribution >= 4 is 17.5 Å².